The second-order valence-corrected chi connectivity index (χ2v) is 5.02. The van der Waals surface area contributed by atoms with Gasteiger partial charge in [-0.15, -0.1) is 0 Å². The number of benzene rings is 1. The van der Waals surface area contributed by atoms with Crippen LogP contribution in [0, 0.1) is 11.2 Å². The molecule has 1 aromatic rings. The molecule has 0 aromatic heterocycles. The van der Waals surface area contributed by atoms with Crippen molar-refractivity contribution in [3.05, 3.63) is 28.5 Å². The number of carbonyl (C=O) groups excluding carboxylic acids is 1. The molecule has 0 spiro atoms. The van der Waals surface area contributed by atoms with Gasteiger partial charge in [0, 0.05) is 11.0 Å². The van der Waals surface area contributed by atoms with E-state index in [0.29, 0.717) is 10.2 Å². The first-order valence-corrected chi connectivity index (χ1v) is 5.62. The number of nitrogens with one attached hydrogen (secondary N) is 1. The molecule has 0 fully saturated rings. The van der Waals surface area contributed by atoms with Gasteiger partial charge in [0.15, 0.2) is 0 Å². The van der Waals surface area contributed by atoms with Crippen molar-refractivity contribution in [1.29, 1.82) is 0 Å². The summed E-state index contributed by atoms with van der Waals surface area (Å²) in [6.07, 6.45) is 0. The highest BCUT2D eigenvalue weighted by Gasteiger charge is 2.26. The lowest BCUT2D eigenvalue weighted by molar-refractivity contribution is -0.123. The summed E-state index contributed by atoms with van der Waals surface area (Å²) in [7, 11) is 0. The minimum Gasteiger partial charge on any atom is -0.329 e. The molecule has 0 heterocycles. The van der Waals surface area contributed by atoms with Crippen LogP contribution in [-0.4, -0.2) is 12.5 Å². The summed E-state index contributed by atoms with van der Waals surface area (Å²) in [6.45, 7) is 3.75. The molecular formula is C11H14BrFN2O. The maximum atomic E-state index is 12.8. The zero-order valence-corrected chi connectivity index (χ0v) is 10.8. The van der Waals surface area contributed by atoms with E-state index in [2.05, 4.69) is 21.2 Å². The lowest BCUT2D eigenvalue weighted by Crippen LogP contribution is -2.37. The van der Waals surface area contributed by atoms with E-state index >= 15 is 0 Å². The predicted molar refractivity (Wildman–Crippen MR) is 65.6 cm³/mol. The maximum absolute atomic E-state index is 12.8. The van der Waals surface area contributed by atoms with Crippen molar-refractivity contribution in [2.24, 2.45) is 11.1 Å². The Balaban J connectivity index is 2.85. The SMILES string of the molecule is CC(C)(CN)C(=O)Nc1ccc(F)cc1Br. The largest absolute Gasteiger partial charge is 0.329 e. The minimum atomic E-state index is -0.645. The smallest absolute Gasteiger partial charge is 0.231 e. The molecule has 1 rings (SSSR count). The summed E-state index contributed by atoms with van der Waals surface area (Å²) in [5, 5.41) is 2.70. The monoisotopic (exact) mass is 288 g/mol. The second-order valence-electron chi connectivity index (χ2n) is 4.17. The van der Waals surface area contributed by atoms with E-state index in [1.54, 1.807) is 13.8 Å². The molecule has 0 unspecified atom stereocenters. The fourth-order valence-corrected chi connectivity index (χ4v) is 1.43. The van der Waals surface area contributed by atoms with Crippen LogP contribution in [-0.2, 0) is 4.79 Å². The third-order valence-corrected chi connectivity index (χ3v) is 2.96. The molecule has 0 aliphatic heterocycles. The highest BCUT2D eigenvalue weighted by Crippen LogP contribution is 2.25. The number of hydrogen-bond donors (Lipinski definition) is 2. The molecule has 0 bridgehead atoms. The Bertz CT molecular complexity index is 407. The van der Waals surface area contributed by atoms with Crippen LogP contribution < -0.4 is 11.1 Å². The quantitative estimate of drug-likeness (QED) is 0.898. The van der Waals surface area contributed by atoms with E-state index in [-0.39, 0.29) is 18.3 Å². The molecule has 88 valence electrons. The molecule has 1 aromatic carbocycles. The Labute approximate surface area is 102 Å². The maximum Gasteiger partial charge on any atom is 0.231 e. The highest BCUT2D eigenvalue weighted by atomic mass is 79.9. The van der Waals surface area contributed by atoms with Crippen molar-refractivity contribution in [1.82, 2.24) is 0 Å². The zero-order valence-electron chi connectivity index (χ0n) is 9.18. The van der Waals surface area contributed by atoms with Crippen molar-refractivity contribution < 1.29 is 9.18 Å². The average molecular weight is 289 g/mol. The fraction of sp³-hybridized carbons (Fsp3) is 0.364. The molecule has 5 heteroatoms. The molecular weight excluding hydrogens is 275 g/mol. The Morgan fingerprint density at radius 1 is 1.56 bits per heavy atom. The number of halogens is 2. The van der Waals surface area contributed by atoms with Crippen LogP contribution in [0.5, 0.6) is 0 Å². The van der Waals surface area contributed by atoms with Crippen molar-refractivity contribution in [3.8, 4) is 0 Å². The third-order valence-electron chi connectivity index (χ3n) is 2.30. The summed E-state index contributed by atoms with van der Waals surface area (Å²) in [6, 6.07) is 4.09. The molecule has 3 nitrogen and oxygen atoms in total. The number of amides is 1. The number of rotatable bonds is 3. The third kappa shape index (κ3) is 3.02. The van der Waals surface area contributed by atoms with Gasteiger partial charge in [0.1, 0.15) is 5.82 Å². The fourth-order valence-electron chi connectivity index (χ4n) is 0.975. The first kappa shape index (κ1) is 13.1. The summed E-state index contributed by atoms with van der Waals surface area (Å²) >= 11 is 3.18. The Hall–Kier alpha value is -0.940. The van der Waals surface area contributed by atoms with Gasteiger partial charge >= 0.3 is 0 Å². The van der Waals surface area contributed by atoms with Crippen LogP contribution in [0.2, 0.25) is 0 Å². The first-order valence-electron chi connectivity index (χ1n) is 4.83. The molecule has 0 radical (unpaired) electrons. The first-order chi connectivity index (χ1) is 7.36. The van der Waals surface area contributed by atoms with E-state index < -0.39 is 5.41 Å². The van der Waals surface area contributed by atoms with Crippen molar-refractivity contribution in [2.45, 2.75) is 13.8 Å². The normalized spacial score (nSPS) is 11.3. The molecule has 1 amide bonds. The minimum absolute atomic E-state index is 0.192. The van der Waals surface area contributed by atoms with Gasteiger partial charge in [0.25, 0.3) is 0 Å². The summed E-state index contributed by atoms with van der Waals surface area (Å²) in [5.41, 5.74) is 5.38. The predicted octanol–water partition coefficient (Wildman–Crippen LogP) is 2.51. The van der Waals surface area contributed by atoms with Crippen LogP contribution in [0.15, 0.2) is 22.7 Å². The van der Waals surface area contributed by atoms with Gasteiger partial charge in [0.2, 0.25) is 5.91 Å². The number of nitrogens with two attached hydrogens (primary N) is 1. The molecule has 0 saturated heterocycles. The van der Waals surface area contributed by atoms with Crippen molar-refractivity contribution >= 4 is 27.5 Å². The topological polar surface area (TPSA) is 55.1 Å². The average Bonchev–Trinajstić information content (AvgIpc) is 2.22. The van der Waals surface area contributed by atoms with Gasteiger partial charge in [-0.25, -0.2) is 4.39 Å². The van der Waals surface area contributed by atoms with Gasteiger partial charge in [-0.1, -0.05) is 0 Å². The molecule has 3 N–H and O–H groups in total. The van der Waals surface area contributed by atoms with Gasteiger partial charge in [-0.2, -0.15) is 0 Å². The number of anilines is 1. The van der Waals surface area contributed by atoms with Crippen LogP contribution >= 0.6 is 15.9 Å². The zero-order chi connectivity index (χ0) is 12.3. The van der Waals surface area contributed by atoms with E-state index in [9.17, 15) is 9.18 Å². The molecule has 0 saturated carbocycles. The van der Waals surface area contributed by atoms with Gasteiger partial charge in [-0.05, 0) is 48.0 Å². The van der Waals surface area contributed by atoms with Crippen molar-refractivity contribution in [3.63, 3.8) is 0 Å². The lowest BCUT2D eigenvalue weighted by atomic mass is 9.92. The number of carbonyl (C=O) groups is 1. The van der Waals surface area contributed by atoms with Crippen LogP contribution in [0.4, 0.5) is 10.1 Å². The van der Waals surface area contributed by atoms with E-state index in [4.69, 9.17) is 5.73 Å². The summed E-state index contributed by atoms with van der Waals surface area (Å²) < 4.78 is 13.3. The Kier molecular flexibility index (Phi) is 4.04. The lowest BCUT2D eigenvalue weighted by Gasteiger charge is -2.21. The number of hydrogen-bond acceptors (Lipinski definition) is 2. The van der Waals surface area contributed by atoms with Crippen LogP contribution in [0.1, 0.15) is 13.8 Å². The Morgan fingerprint density at radius 2 is 2.19 bits per heavy atom. The van der Waals surface area contributed by atoms with Crippen LogP contribution in [0.3, 0.4) is 0 Å². The van der Waals surface area contributed by atoms with Gasteiger partial charge in [0.05, 0.1) is 11.1 Å². The molecule has 0 aliphatic carbocycles. The van der Waals surface area contributed by atoms with Gasteiger partial charge < -0.3 is 11.1 Å². The molecule has 16 heavy (non-hydrogen) atoms. The standard InChI is InChI=1S/C11H14BrFN2O/c1-11(2,6-14)10(16)15-9-4-3-7(13)5-8(9)12/h3-5H,6,14H2,1-2H3,(H,15,16). The molecule has 0 atom stereocenters. The van der Waals surface area contributed by atoms with Gasteiger partial charge in [-0.3, -0.25) is 4.79 Å². The second kappa shape index (κ2) is 4.93. The summed E-state index contributed by atoms with van der Waals surface area (Å²) in [4.78, 5) is 11.8. The van der Waals surface area contributed by atoms with E-state index in [0.717, 1.165) is 0 Å². The van der Waals surface area contributed by atoms with Crippen LogP contribution in [0.25, 0.3) is 0 Å². The summed E-state index contributed by atoms with van der Waals surface area (Å²) in [5.74, 6) is -0.551. The van der Waals surface area contributed by atoms with Crippen molar-refractivity contribution in [2.75, 3.05) is 11.9 Å². The van der Waals surface area contributed by atoms with E-state index in [1.165, 1.54) is 18.2 Å². The molecule has 0 aliphatic rings. The van der Waals surface area contributed by atoms with E-state index in [1.807, 2.05) is 0 Å². The highest BCUT2D eigenvalue weighted by molar-refractivity contribution is 9.10. The Morgan fingerprint density at radius 3 is 2.69 bits per heavy atom.